The van der Waals surface area contributed by atoms with Gasteiger partial charge in [0.15, 0.2) is 0 Å². The van der Waals surface area contributed by atoms with E-state index in [9.17, 15) is 4.79 Å². The molecule has 0 radical (unpaired) electrons. The van der Waals surface area contributed by atoms with Crippen molar-refractivity contribution in [2.45, 2.75) is 71.8 Å². The fraction of sp³-hybridized carbons (Fsp3) is 0.938. The number of rotatable bonds is 11. The van der Waals surface area contributed by atoms with Gasteiger partial charge in [0.2, 0.25) is 5.91 Å². The second kappa shape index (κ2) is 11.1. The maximum Gasteiger partial charge on any atom is 0.223 e. The van der Waals surface area contributed by atoms with Gasteiger partial charge in [-0.2, -0.15) is 0 Å². The van der Waals surface area contributed by atoms with Crippen molar-refractivity contribution in [3.63, 3.8) is 0 Å². The zero-order valence-corrected chi connectivity index (χ0v) is 13.8. The summed E-state index contributed by atoms with van der Waals surface area (Å²) in [6, 6.07) is 0. The van der Waals surface area contributed by atoms with Gasteiger partial charge in [0.05, 0.1) is 19.8 Å². The van der Waals surface area contributed by atoms with E-state index in [0.717, 1.165) is 12.8 Å². The molecule has 4 heteroatoms. The number of hydrogen-bond acceptors (Lipinski definition) is 3. The minimum absolute atomic E-state index is 0.0287. The van der Waals surface area contributed by atoms with Gasteiger partial charge in [0.1, 0.15) is 0 Å². The van der Waals surface area contributed by atoms with Gasteiger partial charge in [0, 0.05) is 18.5 Å². The van der Waals surface area contributed by atoms with Crippen LogP contribution in [0.1, 0.15) is 66.2 Å². The van der Waals surface area contributed by atoms with E-state index in [-0.39, 0.29) is 18.1 Å². The number of aliphatic hydroxyl groups is 1. The van der Waals surface area contributed by atoms with Gasteiger partial charge in [-0.15, -0.1) is 0 Å². The van der Waals surface area contributed by atoms with E-state index in [1.54, 1.807) is 0 Å². The first kappa shape index (κ1) is 19.4. The molecule has 0 aromatic heterocycles. The highest BCUT2D eigenvalue weighted by Crippen LogP contribution is 2.16. The fourth-order valence-electron chi connectivity index (χ4n) is 2.17. The van der Waals surface area contributed by atoms with Gasteiger partial charge >= 0.3 is 0 Å². The quantitative estimate of drug-likeness (QED) is 0.594. The maximum atomic E-state index is 12.3. The lowest BCUT2D eigenvalue weighted by Crippen LogP contribution is -2.47. The SMILES string of the molecule is CCCCCCCC(=O)N(CCOCCO)C(C)(C)C. The highest BCUT2D eigenvalue weighted by molar-refractivity contribution is 5.76. The van der Waals surface area contributed by atoms with Crippen LogP contribution in [-0.2, 0) is 9.53 Å². The predicted molar refractivity (Wildman–Crippen MR) is 82.7 cm³/mol. The van der Waals surface area contributed by atoms with Crippen LogP contribution in [0.15, 0.2) is 0 Å². The zero-order valence-electron chi connectivity index (χ0n) is 13.8. The van der Waals surface area contributed by atoms with Crippen molar-refractivity contribution in [3.05, 3.63) is 0 Å². The molecule has 0 bridgehead atoms. The number of amides is 1. The van der Waals surface area contributed by atoms with Gasteiger partial charge in [0.25, 0.3) is 0 Å². The van der Waals surface area contributed by atoms with E-state index in [2.05, 4.69) is 6.92 Å². The standard InChI is InChI=1S/C16H33NO3/c1-5-6-7-8-9-10-15(19)17(16(2,3)4)11-13-20-14-12-18/h18H,5-14H2,1-4H3. The molecule has 0 saturated heterocycles. The Kier molecular flexibility index (Phi) is 10.8. The third-order valence-electron chi connectivity index (χ3n) is 3.30. The molecule has 20 heavy (non-hydrogen) atoms. The van der Waals surface area contributed by atoms with E-state index in [0.29, 0.717) is 26.2 Å². The number of nitrogens with zero attached hydrogens (tertiary/aromatic N) is 1. The van der Waals surface area contributed by atoms with Crippen LogP contribution in [0.5, 0.6) is 0 Å². The van der Waals surface area contributed by atoms with Gasteiger partial charge < -0.3 is 14.7 Å². The minimum atomic E-state index is -0.178. The summed E-state index contributed by atoms with van der Waals surface area (Å²) < 4.78 is 5.27. The number of hydrogen-bond donors (Lipinski definition) is 1. The number of carbonyl (C=O) groups excluding carboxylic acids is 1. The smallest absolute Gasteiger partial charge is 0.223 e. The van der Waals surface area contributed by atoms with Crippen LogP contribution in [-0.4, -0.2) is 47.8 Å². The largest absolute Gasteiger partial charge is 0.394 e. The van der Waals surface area contributed by atoms with E-state index in [1.807, 2.05) is 25.7 Å². The van der Waals surface area contributed by atoms with Gasteiger partial charge in [-0.1, -0.05) is 32.6 Å². The Hall–Kier alpha value is -0.610. The molecule has 0 aliphatic carbocycles. The first-order valence-electron chi connectivity index (χ1n) is 7.92. The molecule has 120 valence electrons. The summed E-state index contributed by atoms with van der Waals surface area (Å²) in [5.41, 5.74) is -0.178. The molecule has 0 aromatic rings. The molecule has 0 aromatic carbocycles. The lowest BCUT2D eigenvalue weighted by molar-refractivity contribution is -0.137. The Bertz CT molecular complexity index is 249. The summed E-state index contributed by atoms with van der Waals surface area (Å²) in [4.78, 5) is 14.2. The Morgan fingerprint density at radius 1 is 1.10 bits per heavy atom. The summed E-state index contributed by atoms with van der Waals surface area (Å²) in [7, 11) is 0. The molecular weight excluding hydrogens is 254 g/mol. The highest BCUT2D eigenvalue weighted by atomic mass is 16.5. The summed E-state index contributed by atoms with van der Waals surface area (Å²) in [6.45, 7) is 9.79. The molecular formula is C16H33NO3. The number of aliphatic hydroxyl groups excluding tert-OH is 1. The normalized spacial score (nSPS) is 11.7. The van der Waals surface area contributed by atoms with Crippen LogP contribution < -0.4 is 0 Å². The molecule has 0 unspecified atom stereocenters. The predicted octanol–water partition coefficient (Wildman–Crippen LogP) is 2.98. The molecule has 1 amide bonds. The first-order chi connectivity index (χ1) is 9.43. The Balaban J connectivity index is 4.09. The summed E-state index contributed by atoms with van der Waals surface area (Å²) in [5, 5.41) is 8.68. The average molecular weight is 287 g/mol. The van der Waals surface area contributed by atoms with Crippen molar-refractivity contribution in [2.24, 2.45) is 0 Å². The van der Waals surface area contributed by atoms with Gasteiger partial charge in [-0.3, -0.25) is 4.79 Å². The molecule has 4 nitrogen and oxygen atoms in total. The van der Waals surface area contributed by atoms with E-state index in [4.69, 9.17) is 9.84 Å². The second-order valence-electron chi connectivity index (χ2n) is 6.22. The molecule has 0 atom stereocenters. The highest BCUT2D eigenvalue weighted by Gasteiger charge is 2.25. The fourth-order valence-corrected chi connectivity index (χ4v) is 2.17. The van der Waals surface area contributed by atoms with E-state index < -0.39 is 0 Å². The minimum Gasteiger partial charge on any atom is -0.394 e. The van der Waals surface area contributed by atoms with Crippen molar-refractivity contribution >= 4 is 5.91 Å². The molecule has 0 rings (SSSR count). The van der Waals surface area contributed by atoms with Gasteiger partial charge in [-0.05, 0) is 27.2 Å². The first-order valence-corrected chi connectivity index (χ1v) is 7.92. The topological polar surface area (TPSA) is 49.8 Å². The lowest BCUT2D eigenvalue weighted by atomic mass is 10.0. The van der Waals surface area contributed by atoms with Gasteiger partial charge in [-0.25, -0.2) is 0 Å². The second-order valence-corrected chi connectivity index (χ2v) is 6.22. The summed E-state index contributed by atoms with van der Waals surface area (Å²) >= 11 is 0. The molecule has 0 fully saturated rings. The zero-order chi connectivity index (χ0) is 15.4. The van der Waals surface area contributed by atoms with Crippen LogP contribution in [0.2, 0.25) is 0 Å². The van der Waals surface area contributed by atoms with Crippen molar-refractivity contribution in [2.75, 3.05) is 26.4 Å². The summed E-state index contributed by atoms with van der Waals surface area (Å²) in [5.74, 6) is 0.210. The monoisotopic (exact) mass is 287 g/mol. The Labute approximate surface area is 124 Å². The maximum absolute atomic E-state index is 12.3. The molecule has 0 aliphatic heterocycles. The van der Waals surface area contributed by atoms with Crippen LogP contribution in [0.3, 0.4) is 0 Å². The number of ether oxygens (including phenoxy) is 1. The third-order valence-corrected chi connectivity index (χ3v) is 3.30. The van der Waals surface area contributed by atoms with Crippen LogP contribution in [0.25, 0.3) is 0 Å². The molecule has 1 N–H and O–H groups in total. The number of unbranched alkanes of at least 4 members (excludes halogenated alkanes) is 4. The van der Waals surface area contributed by atoms with Crippen LogP contribution in [0.4, 0.5) is 0 Å². The van der Waals surface area contributed by atoms with E-state index in [1.165, 1.54) is 19.3 Å². The van der Waals surface area contributed by atoms with Crippen molar-refractivity contribution in [1.82, 2.24) is 4.90 Å². The molecule has 0 spiro atoms. The molecule has 0 heterocycles. The molecule has 0 saturated carbocycles. The summed E-state index contributed by atoms with van der Waals surface area (Å²) in [6.07, 6.45) is 6.44. The van der Waals surface area contributed by atoms with Crippen molar-refractivity contribution < 1.29 is 14.6 Å². The third kappa shape index (κ3) is 9.32. The Morgan fingerprint density at radius 2 is 1.75 bits per heavy atom. The van der Waals surface area contributed by atoms with Crippen LogP contribution >= 0.6 is 0 Å². The van der Waals surface area contributed by atoms with Crippen LogP contribution in [0, 0.1) is 0 Å². The molecule has 0 aliphatic rings. The van der Waals surface area contributed by atoms with Crippen molar-refractivity contribution in [3.8, 4) is 0 Å². The lowest BCUT2D eigenvalue weighted by Gasteiger charge is -2.36. The number of carbonyl (C=O) groups is 1. The Morgan fingerprint density at radius 3 is 2.30 bits per heavy atom. The average Bonchev–Trinajstić information content (AvgIpc) is 2.36. The van der Waals surface area contributed by atoms with E-state index >= 15 is 0 Å². The van der Waals surface area contributed by atoms with Crippen molar-refractivity contribution in [1.29, 1.82) is 0 Å².